The molecule has 0 saturated heterocycles. The van der Waals surface area contributed by atoms with E-state index in [1.54, 1.807) is 42.5 Å². The molecule has 4 amide bonds. The van der Waals surface area contributed by atoms with Crippen LogP contribution in [-0.2, 0) is 25.6 Å². The Balaban J connectivity index is 1.29. The van der Waals surface area contributed by atoms with E-state index in [4.69, 9.17) is 25.7 Å². The predicted octanol–water partition coefficient (Wildman–Crippen LogP) is 2.33. The van der Waals surface area contributed by atoms with E-state index >= 15 is 0 Å². The zero-order chi connectivity index (χ0) is 46.6. The molecule has 4 aromatic rings. The van der Waals surface area contributed by atoms with E-state index in [2.05, 4.69) is 21.0 Å². The number of hydrogen-bond acceptors (Lipinski definition) is 13. The van der Waals surface area contributed by atoms with Crippen LogP contribution in [0.15, 0.2) is 71.7 Å². The number of aliphatic carboxylic acids is 1. The lowest BCUT2D eigenvalue weighted by atomic mass is 9.93. The van der Waals surface area contributed by atoms with Gasteiger partial charge in [0.05, 0.1) is 43.3 Å². The highest BCUT2D eigenvalue weighted by molar-refractivity contribution is 5.98. The number of ether oxygens (including phenoxy) is 3. The molecule has 1 fully saturated rings. The molecule has 6 rings (SSSR count). The number of carbonyl (C=O) groups excluding carboxylic acids is 4. The molecular formula is C46H56N8O11. The van der Waals surface area contributed by atoms with Crippen LogP contribution in [0.5, 0.6) is 23.0 Å². The number of carboxylic acids is 1. The fourth-order valence-electron chi connectivity index (χ4n) is 7.61. The molecule has 346 valence electrons. The van der Waals surface area contributed by atoms with Crippen molar-refractivity contribution in [3.05, 3.63) is 93.9 Å². The lowest BCUT2D eigenvalue weighted by Gasteiger charge is -2.30. The molecule has 0 radical (unpaired) electrons. The van der Waals surface area contributed by atoms with E-state index in [0.29, 0.717) is 42.0 Å². The Morgan fingerprint density at radius 1 is 0.877 bits per heavy atom. The number of rotatable bonds is 16. The van der Waals surface area contributed by atoms with Gasteiger partial charge < -0.3 is 56.7 Å². The SMILES string of the molecule is C[C@@H]1NC(=O)[C@@H](N(C)C(=O)CNC(=O)c2cnn(-c3ccc(OC4CCCCC4)cc3)c(=O)c2)c2cc(OCCCN)c(O)c(c2)-c2cc(ccc2OCCCN)C[C@@H](C(=O)O)NC1=O. The van der Waals surface area contributed by atoms with E-state index in [1.165, 1.54) is 38.7 Å². The van der Waals surface area contributed by atoms with Crippen LogP contribution in [0.1, 0.15) is 79.4 Å². The van der Waals surface area contributed by atoms with E-state index in [-0.39, 0.29) is 66.2 Å². The Morgan fingerprint density at radius 2 is 1.57 bits per heavy atom. The first-order chi connectivity index (χ1) is 31.3. The molecule has 3 aromatic carbocycles. The largest absolute Gasteiger partial charge is 0.504 e. The Kier molecular flexibility index (Phi) is 16.1. The van der Waals surface area contributed by atoms with Crippen molar-refractivity contribution < 1.29 is 48.4 Å². The van der Waals surface area contributed by atoms with Gasteiger partial charge in [0.2, 0.25) is 17.7 Å². The van der Waals surface area contributed by atoms with E-state index in [0.717, 1.165) is 41.3 Å². The molecule has 1 aliphatic carbocycles. The smallest absolute Gasteiger partial charge is 0.326 e. The van der Waals surface area contributed by atoms with Crippen LogP contribution in [0.2, 0.25) is 0 Å². The van der Waals surface area contributed by atoms with Crippen molar-refractivity contribution in [2.45, 2.75) is 82.5 Å². The lowest BCUT2D eigenvalue weighted by molar-refractivity contribution is -0.142. The van der Waals surface area contributed by atoms with Gasteiger partial charge >= 0.3 is 5.97 Å². The van der Waals surface area contributed by atoms with E-state index in [1.807, 2.05) is 0 Å². The number of hydrogen-bond donors (Lipinski definition) is 7. The molecule has 1 aliphatic heterocycles. The summed E-state index contributed by atoms with van der Waals surface area (Å²) in [5.74, 6) is -4.01. The summed E-state index contributed by atoms with van der Waals surface area (Å²) in [7, 11) is 1.31. The van der Waals surface area contributed by atoms with Crippen molar-refractivity contribution in [3.8, 4) is 39.8 Å². The number of phenols is 1. The van der Waals surface area contributed by atoms with Crippen molar-refractivity contribution in [3.63, 3.8) is 0 Å². The summed E-state index contributed by atoms with van der Waals surface area (Å²) >= 11 is 0. The number of nitrogens with two attached hydrogens (primary N) is 2. The summed E-state index contributed by atoms with van der Waals surface area (Å²) in [4.78, 5) is 81.6. The number of aromatic nitrogens is 2. The van der Waals surface area contributed by atoms with Crippen LogP contribution in [0.3, 0.4) is 0 Å². The van der Waals surface area contributed by atoms with Gasteiger partial charge in [-0.1, -0.05) is 12.5 Å². The molecular weight excluding hydrogens is 841 g/mol. The van der Waals surface area contributed by atoms with Crippen molar-refractivity contribution in [2.24, 2.45) is 11.5 Å². The average Bonchev–Trinajstić information content (AvgIpc) is 3.29. The first-order valence-electron chi connectivity index (χ1n) is 21.7. The van der Waals surface area contributed by atoms with E-state index < -0.39 is 59.8 Å². The zero-order valence-electron chi connectivity index (χ0n) is 36.4. The quantitative estimate of drug-likeness (QED) is 0.0796. The number of nitrogens with zero attached hydrogens (tertiary/aromatic N) is 3. The third kappa shape index (κ3) is 12.0. The predicted molar refractivity (Wildman–Crippen MR) is 238 cm³/mol. The topological polar surface area (TPSA) is 280 Å². The third-order valence-corrected chi connectivity index (χ3v) is 11.2. The molecule has 3 atom stereocenters. The summed E-state index contributed by atoms with van der Waals surface area (Å²) < 4.78 is 19.2. The number of aromatic hydroxyl groups is 1. The minimum atomic E-state index is -1.53. The van der Waals surface area contributed by atoms with Crippen LogP contribution in [0.25, 0.3) is 16.8 Å². The van der Waals surface area contributed by atoms with Crippen LogP contribution < -0.4 is 47.2 Å². The summed E-state index contributed by atoms with van der Waals surface area (Å²) in [5.41, 5.74) is 12.2. The molecule has 1 aromatic heterocycles. The summed E-state index contributed by atoms with van der Waals surface area (Å²) in [5, 5.41) is 33.6. The normalized spacial score (nSPS) is 17.8. The Labute approximate surface area is 375 Å². The van der Waals surface area contributed by atoms with Gasteiger partial charge in [-0.05, 0) is 118 Å². The highest BCUT2D eigenvalue weighted by Crippen LogP contribution is 2.44. The Morgan fingerprint density at radius 3 is 2.23 bits per heavy atom. The maximum absolute atomic E-state index is 14.3. The van der Waals surface area contributed by atoms with Gasteiger partial charge in [-0.3, -0.25) is 24.0 Å². The van der Waals surface area contributed by atoms with Crippen LogP contribution >= 0.6 is 0 Å². The highest BCUT2D eigenvalue weighted by atomic mass is 16.5. The molecule has 65 heavy (non-hydrogen) atoms. The maximum Gasteiger partial charge on any atom is 0.326 e. The number of amides is 4. The summed E-state index contributed by atoms with van der Waals surface area (Å²) in [6, 6.07) is 11.5. The summed E-state index contributed by atoms with van der Waals surface area (Å²) in [6.45, 7) is 1.58. The van der Waals surface area contributed by atoms with Gasteiger partial charge in [-0.15, -0.1) is 0 Å². The minimum absolute atomic E-state index is 0.0662. The zero-order valence-corrected chi connectivity index (χ0v) is 36.4. The van der Waals surface area contributed by atoms with Gasteiger partial charge in [0.25, 0.3) is 11.5 Å². The minimum Gasteiger partial charge on any atom is -0.504 e. The van der Waals surface area contributed by atoms with Crippen molar-refractivity contribution in [1.82, 2.24) is 30.6 Å². The van der Waals surface area contributed by atoms with Gasteiger partial charge in [-0.25, -0.2) is 4.79 Å². The second-order valence-corrected chi connectivity index (χ2v) is 16.0. The van der Waals surface area contributed by atoms with Gasteiger partial charge in [0.1, 0.15) is 29.6 Å². The standard InChI is InChI=1S/C46H56N8O11/c1-27-43(58)52-36(46(61)62)21-28-10-15-37(63-18-6-16-47)34(20-28)35-22-29(23-38(42(35)57)64-19-7-17-48)41(45(60)51-27)53(2)40(56)26-49-44(59)30-24-39(55)54(50-25-30)31-11-13-33(14-12-31)65-32-8-4-3-5-9-32/h10-15,20,22-25,27,32,36,41,57H,3-9,16-19,21,26,47-48H2,1-2H3,(H,49,59)(H,51,60)(H,52,58)(H,61,62)/t27-,36-,41-/m0/s1. The van der Waals surface area contributed by atoms with Crippen molar-refractivity contribution >= 4 is 29.6 Å². The Hall–Kier alpha value is -6.99. The molecule has 19 heteroatoms. The number of fused-ring (bicyclic) bond motifs is 5. The number of phenolic OH excluding ortho intramolecular Hbond substituents is 1. The fourth-order valence-corrected chi connectivity index (χ4v) is 7.61. The molecule has 1 saturated carbocycles. The van der Waals surface area contributed by atoms with Crippen LogP contribution in [-0.4, -0.2) is 113 Å². The first-order valence-corrected chi connectivity index (χ1v) is 21.7. The maximum atomic E-state index is 14.3. The molecule has 0 spiro atoms. The average molecular weight is 897 g/mol. The van der Waals surface area contributed by atoms with E-state index in [9.17, 15) is 39.0 Å². The Bertz CT molecular complexity index is 2420. The highest BCUT2D eigenvalue weighted by Gasteiger charge is 2.34. The molecule has 0 unspecified atom stereocenters. The number of benzene rings is 3. The van der Waals surface area contributed by atoms with Gasteiger partial charge in [0, 0.05) is 30.7 Å². The van der Waals surface area contributed by atoms with Gasteiger partial charge in [0.15, 0.2) is 11.5 Å². The molecule has 4 bridgehead atoms. The molecule has 2 aliphatic rings. The second-order valence-electron chi connectivity index (χ2n) is 16.0. The van der Waals surface area contributed by atoms with Crippen LogP contribution in [0.4, 0.5) is 0 Å². The number of carbonyl (C=O) groups is 5. The number of likely N-dealkylation sites (N-methyl/N-ethyl adjacent to an activating group) is 1. The van der Waals surface area contributed by atoms with Crippen molar-refractivity contribution in [2.75, 3.05) is 39.9 Å². The molecule has 19 nitrogen and oxygen atoms in total. The lowest BCUT2D eigenvalue weighted by Crippen LogP contribution is -2.53. The number of nitrogens with one attached hydrogen (secondary N) is 3. The van der Waals surface area contributed by atoms with Gasteiger partial charge in [-0.2, -0.15) is 9.78 Å². The second kappa shape index (κ2) is 22.1. The van der Waals surface area contributed by atoms with Crippen LogP contribution in [0, 0.1) is 0 Å². The molecule has 9 N–H and O–H groups in total. The summed E-state index contributed by atoms with van der Waals surface area (Å²) in [6.07, 6.45) is 7.52. The monoisotopic (exact) mass is 896 g/mol. The first kappa shape index (κ1) is 47.5. The molecule has 2 heterocycles. The van der Waals surface area contributed by atoms with Crippen molar-refractivity contribution in [1.29, 1.82) is 0 Å². The third-order valence-electron chi connectivity index (χ3n) is 11.2. The number of carboxylic acid groups (broad SMARTS) is 1. The fraction of sp³-hybridized carbons (Fsp3) is 0.413.